The van der Waals surface area contributed by atoms with Gasteiger partial charge in [0, 0.05) is 18.5 Å². The number of thioether (sulfide) groups is 1. The number of allylic oxidation sites excluding steroid dienone is 1. The van der Waals surface area contributed by atoms with Gasteiger partial charge in [-0.2, -0.15) is 0 Å². The van der Waals surface area contributed by atoms with Crippen LogP contribution in [0.4, 0.5) is 0 Å². The van der Waals surface area contributed by atoms with Gasteiger partial charge in [-0.15, -0.1) is 16.8 Å². The summed E-state index contributed by atoms with van der Waals surface area (Å²) in [5, 5.41) is 12.5. The molecule has 2 aliphatic carbocycles. The summed E-state index contributed by atoms with van der Waals surface area (Å²) in [6.07, 6.45) is 9.06. The predicted octanol–water partition coefficient (Wildman–Crippen LogP) is 2.49. The Kier molecular flexibility index (Phi) is 4.63. The van der Waals surface area contributed by atoms with Crippen LogP contribution in [0.5, 0.6) is 0 Å². The Morgan fingerprint density at radius 2 is 2.10 bits per heavy atom. The molecule has 2 fully saturated rings. The second kappa shape index (κ2) is 6.64. The fraction of sp³-hybridized carbons (Fsp3) is 0.667. The molecule has 1 heterocycles. The van der Waals surface area contributed by atoms with Crippen molar-refractivity contribution in [1.82, 2.24) is 20.1 Å². The van der Waals surface area contributed by atoms with Gasteiger partial charge in [0.15, 0.2) is 5.16 Å². The van der Waals surface area contributed by atoms with Crippen LogP contribution in [0.2, 0.25) is 0 Å². The molecule has 2 saturated carbocycles. The van der Waals surface area contributed by atoms with Gasteiger partial charge in [-0.05, 0) is 25.7 Å². The Balaban J connectivity index is 1.65. The molecule has 6 heteroatoms. The van der Waals surface area contributed by atoms with Crippen LogP contribution in [0.3, 0.4) is 0 Å². The van der Waals surface area contributed by atoms with Crippen molar-refractivity contribution in [3.63, 3.8) is 0 Å². The van der Waals surface area contributed by atoms with E-state index in [-0.39, 0.29) is 5.91 Å². The van der Waals surface area contributed by atoms with Gasteiger partial charge in [0.05, 0.1) is 5.75 Å². The van der Waals surface area contributed by atoms with Crippen LogP contribution >= 0.6 is 11.8 Å². The lowest BCUT2D eigenvalue weighted by Crippen LogP contribution is -2.27. The summed E-state index contributed by atoms with van der Waals surface area (Å²) >= 11 is 1.47. The van der Waals surface area contributed by atoms with E-state index in [4.69, 9.17) is 0 Å². The summed E-state index contributed by atoms with van der Waals surface area (Å²) < 4.78 is 2.12. The molecule has 0 aliphatic heterocycles. The minimum absolute atomic E-state index is 0.0954. The Bertz CT molecular complexity index is 518. The average molecular weight is 306 g/mol. The van der Waals surface area contributed by atoms with E-state index in [9.17, 15) is 4.79 Å². The normalized spacial score (nSPS) is 18.9. The zero-order chi connectivity index (χ0) is 14.7. The van der Waals surface area contributed by atoms with Crippen molar-refractivity contribution in [2.75, 3.05) is 5.75 Å². The van der Waals surface area contributed by atoms with Crippen LogP contribution < -0.4 is 5.32 Å². The lowest BCUT2D eigenvalue weighted by atomic mass is 10.1. The summed E-state index contributed by atoms with van der Waals surface area (Å²) in [5.41, 5.74) is 0. The van der Waals surface area contributed by atoms with Crippen LogP contribution in [-0.2, 0) is 11.3 Å². The van der Waals surface area contributed by atoms with Crippen molar-refractivity contribution in [2.45, 2.75) is 62.2 Å². The first-order valence-electron chi connectivity index (χ1n) is 7.74. The zero-order valence-corrected chi connectivity index (χ0v) is 13.1. The van der Waals surface area contributed by atoms with Gasteiger partial charge in [0.1, 0.15) is 5.82 Å². The van der Waals surface area contributed by atoms with E-state index in [1.807, 2.05) is 6.08 Å². The highest BCUT2D eigenvalue weighted by atomic mass is 32.2. The lowest BCUT2D eigenvalue weighted by molar-refractivity contribution is -0.118. The average Bonchev–Trinajstić information content (AvgIpc) is 2.99. The van der Waals surface area contributed by atoms with E-state index in [2.05, 4.69) is 26.7 Å². The van der Waals surface area contributed by atoms with Crippen LogP contribution in [0.1, 0.15) is 50.3 Å². The molecule has 0 radical (unpaired) electrons. The molecule has 0 bridgehead atoms. The van der Waals surface area contributed by atoms with E-state index < -0.39 is 0 Å². The molecule has 1 N–H and O–H groups in total. The van der Waals surface area contributed by atoms with Gasteiger partial charge < -0.3 is 9.88 Å². The van der Waals surface area contributed by atoms with Crippen molar-refractivity contribution in [2.24, 2.45) is 0 Å². The predicted molar refractivity (Wildman–Crippen MR) is 83.3 cm³/mol. The van der Waals surface area contributed by atoms with E-state index in [0.29, 0.717) is 24.3 Å². The quantitative estimate of drug-likeness (QED) is 0.621. The maximum Gasteiger partial charge on any atom is 0.230 e. The van der Waals surface area contributed by atoms with Crippen molar-refractivity contribution in [3.8, 4) is 0 Å². The van der Waals surface area contributed by atoms with Crippen molar-refractivity contribution < 1.29 is 4.79 Å². The molecule has 0 aromatic carbocycles. The minimum Gasteiger partial charge on any atom is -0.353 e. The number of carbonyl (C=O) groups is 1. The summed E-state index contributed by atoms with van der Waals surface area (Å²) in [4.78, 5) is 11.8. The van der Waals surface area contributed by atoms with E-state index in [1.165, 1.54) is 37.4 Å². The van der Waals surface area contributed by atoms with E-state index in [0.717, 1.165) is 23.8 Å². The number of carbonyl (C=O) groups excluding carboxylic acids is 1. The highest BCUT2D eigenvalue weighted by molar-refractivity contribution is 7.99. The molecule has 2 aliphatic rings. The number of hydrogen-bond acceptors (Lipinski definition) is 4. The smallest absolute Gasteiger partial charge is 0.230 e. The highest BCUT2D eigenvalue weighted by Gasteiger charge is 2.26. The number of nitrogens with one attached hydrogen (secondary N) is 1. The fourth-order valence-electron chi connectivity index (χ4n) is 2.82. The molecule has 1 amide bonds. The largest absolute Gasteiger partial charge is 0.353 e. The molecule has 0 atom stereocenters. The number of hydrogen-bond donors (Lipinski definition) is 1. The summed E-state index contributed by atoms with van der Waals surface area (Å²) in [7, 11) is 0. The zero-order valence-electron chi connectivity index (χ0n) is 12.3. The third-order valence-corrected chi connectivity index (χ3v) is 5.02. The van der Waals surface area contributed by atoms with Crippen molar-refractivity contribution in [1.29, 1.82) is 0 Å². The van der Waals surface area contributed by atoms with Crippen LogP contribution in [0.15, 0.2) is 17.8 Å². The van der Waals surface area contributed by atoms with E-state index in [1.54, 1.807) is 0 Å². The molecular weight excluding hydrogens is 284 g/mol. The molecule has 1 aromatic rings. The number of nitrogens with zero attached hydrogens (tertiary/aromatic N) is 3. The first-order chi connectivity index (χ1) is 10.3. The van der Waals surface area contributed by atoms with Crippen molar-refractivity contribution in [3.05, 3.63) is 18.5 Å². The molecular formula is C15H22N4OS. The SMILES string of the molecule is C=CCn1c(SCC(=O)NC2CC2)nnc1C1CCCC1. The topological polar surface area (TPSA) is 59.8 Å². The third kappa shape index (κ3) is 3.67. The Morgan fingerprint density at radius 3 is 2.76 bits per heavy atom. The molecule has 5 nitrogen and oxygen atoms in total. The van der Waals surface area contributed by atoms with Gasteiger partial charge in [-0.3, -0.25) is 4.79 Å². The van der Waals surface area contributed by atoms with E-state index >= 15 is 0 Å². The van der Waals surface area contributed by atoms with Gasteiger partial charge in [0.25, 0.3) is 0 Å². The second-order valence-electron chi connectivity index (χ2n) is 5.85. The Hall–Kier alpha value is -1.30. The number of rotatable bonds is 7. The number of amides is 1. The van der Waals surface area contributed by atoms with Gasteiger partial charge >= 0.3 is 0 Å². The lowest BCUT2D eigenvalue weighted by Gasteiger charge is -2.11. The first kappa shape index (κ1) is 14.6. The summed E-state index contributed by atoms with van der Waals surface area (Å²) in [5.74, 6) is 2.10. The van der Waals surface area contributed by atoms with Gasteiger partial charge in [0.2, 0.25) is 5.91 Å². The Morgan fingerprint density at radius 1 is 1.33 bits per heavy atom. The van der Waals surface area contributed by atoms with Crippen molar-refractivity contribution >= 4 is 17.7 Å². The molecule has 0 unspecified atom stereocenters. The molecule has 3 rings (SSSR count). The third-order valence-electron chi connectivity index (χ3n) is 4.05. The minimum atomic E-state index is 0.0954. The number of aromatic nitrogens is 3. The highest BCUT2D eigenvalue weighted by Crippen LogP contribution is 2.34. The van der Waals surface area contributed by atoms with Crippen LogP contribution in [0, 0.1) is 0 Å². The maximum atomic E-state index is 11.8. The molecule has 114 valence electrons. The fourth-order valence-corrected chi connectivity index (χ4v) is 3.59. The van der Waals surface area contributed by atoms with Crippen LogP contribution in [0.25, 0.3) is 0 Å². The second-order valence-corrected chi connectivity index (χ2v) is 6.79. The molecule has 0 saturated heterocycles. The van der Waals surface area contributed by atoms with Gasteiger partial charge in [-0.25, -0.2) is 0 Å². The van der Waals surface area contributed by atoms with Crippen LogP contribution in [-0.4, -0.2) is 32.5 Å². The van der Waals surface area contributed by atoms with Gasteiger partial charge in [-0.1, -0.05) is 30.7 Å². The summed E-state index contributed by atoms with van der Waals surface area (Å²) in [6, 6.07) is 0.415. The molecule has 1 aromatic heterocycles. The monoisotopic (exact) mass is 306 g/mol. The Labute approximate surface area is 129 Å². The maximum absolute atomic E-state index is 11.8. The standard InChI is InChI=1S/C15H22N4OS/c1-2-9-19-14(11-5-3-4-6-11)17-18-15(19)21-10-13(20)16-12-7-8-12/h2,11-12H,1,3-10H2,(H,16,20). The summed E-state index contributed by atoms with van der Waals surface area (Å²) in [6.45, 7) is 4.54. The first-order valence-corrected chi connectivity index (χ1v) is 8.72. The molecule has 21 heavy (non-hydrogen) atoms. The molecule has 0 spiro atoms.